The molecule has 1 atom stereocenters. The summed E-state index contributed by atoms with van der Waals surface area (Å²) in [7, 11) is 0. The highest BCUT2D eigenvalue weighted by molar-refractivity contribution is 7.80. The Bertz CT molecular complexity index is 1130. The van der Waals surface area contributed by atoms with Gasteiger partial charge in [-0.2, -0.15) is 0 Å². The molecule has 9 heteroatoms. The molecular formula is C24H24N2O6S. The number of nitrogens with one attached hydrogen (secondary N) is 1. The van der Waals surface area contributed by atoms with Gasteiger partial charge in [0.2, 0.25) is 0 Å². The fourth-order valence-corrected chi connectivity index (χ4v) is 3.44. The predicted octanol–water partition coefficient (Wildman–Crippen LogP) is 3.33. The van der Waals surface area contributed by atoms with E-state index in [9.17, 15) is 14.4 Å². The lowest BCUT2D eigenvalue weighted by Gasteiger charge is -2.29. The van der Waals surface area contributed by atoms with Gasteiger partial charge in [0.1, 0.15) is 5.57 Å². The quantitative estimate of drug-likeness (QED) is 0.348. The Labute approximate surface area is 196 Å². The van der Waals surface area contributed by atoms with Gasteiger partial charge in [-0.1, -0.05) is 25.1 Å². The summed E-state index contributed by atoms with van der Waals surface area (Å²) in [5, 5.41) is 11.7. The Balaban J connectivity index is 1.95. The molecule has 1 fully saturated rings. The molecule has 33 heavy (non-hydrogen) atoms. The van der Waals surface area contributed by atoms with Crippen LogP contribution in [0.25, 0.3) is 6.08 Å². The van der Waals surface area contributed by atoms with Crippen LogP contribution in [0.1, 0.15) is 31.9 Å². The number of aryl methyl sites for hydroxylation is 1. The van der Waals surface area contributed by atoms with Crippen LogP contribution < -0.4 is 19.7 Å². The first-order valence-corrected chi connectivity index (χ1v) is 10.8. The van der Waals surface area contributed by atoms with Crippen molar-refractivity contribution in [2.75, 3.05) is 11.5 Å². The molecule has 3 rings (SSSR count). The van der Waals surface area contributed by atoms with Crippen molar-refractivity contribution in [2.45, 2.75) is 33.3 Å². The Hall–Kier alpha value is -3.72. The molecule has 8 nitrogen and oxygen atoms in total. The maximum atomic E-state index is 13.2. The van der Waals surface area contributed by atoms with Gasteiger partial charge in [0.05, 0.1) is 12.3 Å². The Kier molecular flexibility index (Phi) is 7.44. The number of ether oxygens (including phenoxy) is 2. The lowest BCUT2D eigenvalue weighted by molar-refractivity contribution is -0.144. The van der Waals surface area contributed by atoms with Crippen LogP contribution in [-0.4, -0.2) is 40.7 Å². The summed E-state index contributed by atoms with van der Waals surface area (Å²) in [4.78, 5) is 38.1. The molecule has 2 aromatic rings. The van der Waals surface area contributed by atoms with E-state index in [1.165, 1.54) is 24.0 Å². The number of carbonyl (C=O) groups excluding carboxylic acids is 2. The fraction of sp³-hybridized carbons (Fsp3) is 0.250. The number of benzene rings is 2. The first kappa shape index (κ1) is 23.9. The van der Waals surface area contributed by atoms with Crippen LogP contribution in [0.4, 0.5) is 5.69 Å². The van der Waals surface area contributed by atoms with Crippen molar-refractivity contribution in [1.29, 1.82) is 0 Å². The van der Waals surface area contributed by atoms with E-state index in [-0.39, 0.29) is 16.4 Å². The normalized spacial score (nSPS) is 15.9. The lowest BCUT2D eigenvalue weighted by Crippen LogP contribution is -2.54. The summed E-state index contributed by atoms with van der Waals surface area (Å²) in [6, 6.07) is 12.1. The summed E-state index contributed by atoms with van der Waals surface area (Å²) in [6.07, 6.45) is 1.21. The predicted molar refractivity (Wildman–Crippen MR) is 127 cm³/mol. The van der Waals surface area contributed by atoms with E-state index < -0.39 is 23.9 Å². The topological polar surface area (TPSA) is 105 Å². The minimum absolute atomic E-state index is 0.00723. The van der Waals surface area contributed by atoms with Gasteiger partial charge in [-0.3, -0.25) is 19.8 Å². The van der Waals surface area contributed by atoms with Crippen LogP contribution in [0, 0.1) is 0 Å². The van der Waals surface area contributed by atoms with Gasteiger partial charge in [0.25, 0.3) is 11.8 Å². The Morgan fingerprint density at radius 2 is 1.85 bits per heavy atom. The molecule has 1 heterocycles. The largest absolute Gasteiger partial charge is 0.490 e. The van der Waals surface area contributed by atoms with Crippen LogP contribution in [0.5, 0.6) is 11.5 Å². The summed E-state index contributed by atoms with van der Waals surface area (Å²) in [5.41, 5.74) is 2.06. The van der Waals surface area contributed by atoms with Crippen molar-refractivity contribution in [3.8, 4) is 11.5 Å². The summed E-state index contributed by atoms with van der Waals surface area (Å²) >= 11 is 5.24. The van der Waals surface area contributed by atoms with Crippen LogP contribution >= 0.6 is 12.2 Å². The minimum Gasteiger partial charge on any atom is -0.490 e. The molecule has 0 spiro atoms. The molecule has 0 unspecified atom stereocenters. The van der Waals surface area contributed by atoms with Crippen LogP contribution in [0.2, 0.25) is 0 Å². The standard InChI is InChI=1S/C24H24N2O6S/c1-4-15-6-9-17(10-7-15)26-22(28)18(21(27)25-24(26)33)12-16-8-11-19(20(13-16)31-5-2)32-14(3)23(29)30/h6-14H,4-5H2,1-3H3,(H,29,30)(H,25,27,33)/b18-12-/t14-/m0/s1. The highest BCUT2D eigenvalue weighted by atomic mass is 32.1. The molecule has 1 aliphatic rings. The minimum atomic E-state index is -1.11. The second kappa shape index (κ2) is 10.3. The molecule has 2 aromatic carbocycles. The van der Waals surface area contributed by atoms with E-state index in [2.05, 4.69) is 5.32 Å². The number of anilines is 1. The molecule has 0 radical (unpaired) electrons. The van der Waals surface area contributed by atoms with Gasteiger partial charge in [0, 0.05) is 0 Å². The number of hydrogen-bond acceptors (Lipinski definition) is 6. The zero-order chi connectivity index (χ0) is 24.1. The van der Waals surface area contributed by atoms with Crippen LogP contribution in [0.15, 0.2) is 48.0 Å². The highest BCUT2D eigenvalue weighted by Gasteiger charge is 2.34. The second-order valence-electron chi connectivity index (χ2n) is 7.22. The zero-order valence-electron chi connectivity index (χ0n) is 18.5. The summed E-state index contributed by atoms with van der Waals surface area (Å²) in [5.74, 6) is -1.73. The van der Waals surface area contributed by atoms with Gasteiger partial charge >= 0.3 is 5.97 Å². The molecule has 1 saturated heterocycles. The first-order valence-electron chi connectivity index (χ1n) is 10.4. The molecule has 1 aliphatic heterocycles. The number of rotatable bonds is 8. The SMILES string of the molecule is CCOc1cc(/C=C2/C(=O)NC(=S)N(c3ccc(CC)cc3)C2=O)ccc1O[C@@H](C)C(=O)O. The van der Waals surface area contributed by atoms with Gasteiger partial charge < -0.3 is 14.6 Å². The van der Waals surface area contributed by atoms with Crippen LogP contribution in [0.3, 0.4) is 0 Å². The number of aliphatic carboxylic acids is 1. The van der Waals surface area contributed by atoms with E-state index in [1.54, 1.807) is 31.2 Å². The van der Waals surface area contributed by atoms with Crippen LogP contribution in [-0.2, 0) is 20.8 Å². The zero-order valence-corrected chi connectivity index (χ0v) is 19.3. The number of hydrogen-bond donors (Lipinski definition) is 2. The average molecular weight is 469 g/mol. The Morgan fingerprint density at radius 3 is 2.45 bits per heavy atom. The van der Waals surface area contributed by atoms with Crippen molar-refractivity contribution in [3.63, 3.8) is 0 Å². The van der Waals surface area contributed by atoms with Gasteiger partial charge in [-0.15, -0.1) is 0 Å². The maximum Gasteiger partial charge on any atom is 0.344 e. The third-order valence-electron chi connectivity index (χ3n) is 4.93. The van der Waals surface area contributed by atoms with Crippen molar-refractivity contribution < 1.29 is 29.0 Å². The van der Waals surface area contributed by atoms with Crippen molar-refractivity contribution >= 4 is 46.9 Å². The van der Waals surface area contributed by atoms with Gasteiger partial charge in [0.15, 0.2) is 22.7 Å². The Morgan fingerprint density at radius 1 is 1.15 bits per heavy atom. The number of carboxylic acids is 1. The highest BCUT2D eigenvalue weighted by Crippen LogP contribution is 2.31. The van der Waals surface area contributed by atoms with E-state index >= 15 is 0 Å². The van der Waals surface area contributed by atoms with E-state index in [4.69, 9.17) is 26.8 Å². The molecule has 0 bridgehead atoms. The number of carboxylic acid groups (broad SMARTS) is 1. The first-order chi connectivity index (χ1) is 15.7. The lowest BCUT2D eigenvalue weighted by atomic mass is 10.1. The fourth-order valence-electron chi connectivity index (χ4n) is 3.16. The van der Waals surface area contributed by atoms with Gasteiger partial charge in [-0.25, -0.2) is 4.79 Å². The molecule has 2 N–H and O–H groups in total. The molecule has 0 aliphatic carbocycles. The van der Waals surface area contributed by atoms with E-state index in [0.29, 0.717) is 23.6 Å². The molecule has 0 aromatic heterocycles. The smallest absolute Gasteiger partial charge is 0.344 e. The molecule has 172 valence electrons. The average Bonchev–Trinajstić information content (AvgIpc) is 2.78. The maximum absolute atomic E-state index is 13.2. The second-order valence-corrected chi connectivity index (χ2v) is 7.60. The number of nitrogens with zero attached hydrogens (tertiary/aromatic N) is 1. The molecular weight excluding hydrogens is 444 g/mol. The number of carbonyl (C=O) groups is 3. The third-order valence-corrected chi connectivity index (χ3v) is 5.22. The number of amides is 2. The number of thiocarbonyl (C=S) groups is 1. The third kappa shape index (κ3) is 5.38. The molecule has 0 saturated carbocycles. The monoisotopic (exact) mass is 468 g/mol. The van der Waals surface area contributed by atoms with Crippen molar-refractivity contribution in [2.24, 2.45) is 0 Å². The summed E-state index contributed by atoms with van der Waals surface area (Å²) in [6.45, 7) is 5.52. The van der Waals surface area contributed by atoms with E-state index in [1.807, 2.05) is 19.1 Å². The van der Waals surface area contributed by atoms with Crippen molar-refractivity contribution in [1.82, 2.24) is 5.32 Å². The van der Waals surface area contributed by atoms with Crippen molar-refractivity contribution in [3.05, 3.63) is 59.2 Å². The summed E-state index contributed by atoms with van der Waals surface area (Å²) < 4.78 is 11.0. The van der Waals surface area contributed by atoms with Gasteiger partial charge in [-0.05, 0) is 74.0 Å². The van der Waals surface area contributed by atoms with E-state index in [0.717, 1.165) is 12.0 Å². The molecule has 2 amide bonds.